The maximum Gasteiger partial charge on any atom is 0.317 e. The minimum Gasteiger partial charge on any atom is -0.480 e. The van der Waals surface area contributed by atoms with Crippen molar-refractivity contribution < 1.29 is 14.6 Å². The van der Waals surface area contributed by atoms with Crippen molar-refractivity contribution in [1.29, 1.82) is 0 Å². The molecule has 0 amide bonds. The molecule has 0 saturated carbocycles. The molecule has 1 saturated heterocycles. The number of rotatable bonds is 7. The lowest BCUT2D eigenvalue weighted by Crippen LogP contribution is -2.40. The molecule has 1 fully saturated rings. The van der Waals surface area contributed by atoms with Crippen molar-refractivity contribution in [3.63, 3.8) is 0 Å². The summed E-state index contributed by atoms with van der Waals surface area (Å²) >= 11 is 0. The van der Waals surface area contributed by atoms with E-state index in [1.54, 1.807) is 0 Å². The molecule has 0 bridgehead atoms. The third-order valence-electron chi connectivity index (χ3n) is 2.99. The lowest BCUT2D eigenvalue weighted by molar-refractivity contribution is -0.138. The molecule has 100 valence electrons. The van der Waals surface area contributed by atoms with Gasteiger partial charge in [-0.05, 0) is 32.9 Å². The summed E-state index contributed by atoms with van der Waals surface area (Å²) in [7, 11) is 4.01. The van der Waals surface area contributed by atoms with Crippen LogP contribution in [0.15, 0.2) is 0 Å². The minimum absolute atomic E-state index is 0.129. The van der Waals surface area contributed by atoms with Gasteiger partial charge in [-0.25, -0.2) is 0 Å². The molecule has 0 aromatic heterocycles. The van der Waals surface area contributed by atoms with E-state index < -0.39 is 5.97 Å². The molecule has 1 rings (SSSR count). The van der Waals surface area contributed by atoms with Crippen molar-refractivity contribution in [3.8, 4) is 0 Å². The molecule has 1 atom stereocenters. The number of carboxylic acid groups (broad SMARTS) is 1. The third kappa shape index (κ3) is 6.61. The lowest BCUT2D eigenvalue weighted by atomic mass is 10.0. The molecule has 1 N–H and O–H groups in total. The first-order valence-corrected chi connectivity index (χ1v) is 6.24. The van der Waals surface area contributed by atoms with Crippen molar-refractivity contribution in [3.05, 3.63) is 0 Å². The Hall–Kier alpha value is -0.650. The van der Waals surface area contributed by atoms with E-state index in [1.807, 2.05) is 19.0 Å². The Kier molecular flexibility index (Phi) is 6.47. The number of likely N-dealkylation sites (N-methyl/N-ethyl adjacent to an activating group) is 1. The molecule has 5 heteroatoms. The topological polar surface area (TPSA) is 53.0 Å². The summed E-state index contributed by atoms with van der Waals surface area (Å²) in [6, 6.07) is 0. The van der Waals surface area contributed by atoms with Crippen molar-refractivity contribution in [2.24, 2.45) is 5.92 Å². The van der Waals surface area contributed by atoms with E-state index in [1.165, 1.54) is 0 Å². The van der Waals surface area contributed by atoms with Crippen LogP contribution in [0, 0.1) is 5.92 Å². The predicted octanol–water partition coefficient (Wildman–Crippen LogP) is 0.361. The van der Waals surface area contributed by atoms with Gasteiger partial charge in [0.05, 0.1) is 13.2 Å². The van der Waals surface area contributed by atoms with Crippen LogP contribution in [0.2, 0.25) is 0 Å². The highest BCUT2D eigenvalue weighted by Crippen LogP contribution is 2.14. The van der Waals surface area contributed by atoms with Gasteiger partial charge in [0.25, 0.3) is 0 Å². The summed E-state index contributed by atoms with van der Waals surface area (Å²) in [6.45, 7) is 4.28. The molecule has 0 aliphatic carbocycles. The normalized spacial score (nSPS) is 21.1. The molecule has 1 aliphatic rings. The maximum atomic E-state index is 10.8. The molecule has 5 nitrogen and oxygen atoms in total. The van der Waals surface area contributed by atoms with E-state index in [9.17, 15) is 4.79 Å². The highest BCUT2D eigenvalue weighted by Gasteiger charge is 2.19. The lowest BCUT2D eigenvalue weighted by Gasteiger charge is -2.29. The molecular formula is C12H24N2O3. The monoisotopic (exact) mass is 244 g/mol. The van der Waals surface area contributed by atoms with E-state index in [0.29, 0.717) is 5.92 Å². The molecule has 17 heavy (non-hydrogen) atoms. The number of hydrogen-bond acceptors (Lipinski definition) is 4. The summed E-state index contributed by atoms with van der Waals surface area (Å²) in [5.41, 5.74) is 0. The van der Waals surface area contributed by atoms with Crippen molar-refractivity contribution in [1.82, 2.24) is 9.80 Å². The highest BCUT2D eigenvalue weighted by molar-refractivity contribution is 5.69. The summed E-state index contributed by atoms with van der Waals surface area (Å²) in [6.07, 6.45) is 2.25. The van der Waals surface area contributed by atoms with Gasteiger partial charge in [0.15, 0.2) is 0 Å². The molecule has 1 aliphatic heterocycles. The second-order valence-electron chi connectivity index (χ2n) is 5.02. The van der Waals surface area contributed by atoms with Gasteiger partial charge < -0.3 is 14.7 Å². The quantitative estimate of drug-likeness (QED) is 0.701. The zero-order valence-electron chi connectivity index (χ0n) is 10.9. The number of hydrogen-bond donors (Lipinski definition) is 1. The fraction of sp³-hybridized carbons (Fsp3) is 0.917. The molecule has 1 heterocycles. The molecular weight excluding hydrogens is 220 g/mol. The second kappa shape index (κ2) is 7.63. The number of carboxylic acids is 1. The van der Waals surface area contributed by atoms with Gasteiger partial charge in [0.1, 0.15) is 0 Å². The number of nitrogens with zero attached hydrogens (tertiary/aromatic N) is 2. The van der Waals surface area contributed by atoms with E-state index in [-0.39, 0.29) is 6.54 Å². The average molecular weight is 244 g/mol. The van der Waals surface area contributed by atoms with Gasteiger partial charge in [-0.15, -0.1) is 0 Å². The van der Waals surface area contributed by atoms with Gasteiger partial charge in [-0.1, -0.05) is 0 Å². The minimum atomic E-state index is -0.750. The zero-order valence-corrected chi connectivity index (χ0v) is 10.9. The van der Waals surface area contributed by atoms with Crippen LogP contribution in [-0.4, -0.2) is 74.4 Å². The van der Waals surface area contributed by atoms with E-state index in [2.05, 4.69) is 4.90 Å². The SMILES string of the molecule is CN(C)CCN(CC(=O)O)CC1CCCOC1. The Labute approximate surface area is 103 Å². The third-order valence-corrected chi connectivity index (χ3v) is 2.99. The van der Waals surface area contributed by atoms with E-state index in [4.69, 9.17) is 9.84 Å². The van der Waals surface area contributed by atoms with Gasteiger partial charge in [0.2, 0.25) is 0 Å². The van der Waals surface area contributed by atoms with E-state index in [0.717, 1.165) is 45.7 Å². The standard InChI is InChI=1S/C12H24N2O3/c1-13(2)5-6-14(9-12(15)16)8-11-4-3-7-17-10-11/h11H,3-10H2,1-2H3,(H,15,16). The van der Waals surface area contributed by atoms with Crippen LogP contribution < -0.4 is 0 Å². The van der Waals surface area contributed by atoms with Crippen molar-refractivity contribution in [2.45, 2.75) is 12.8 Å². The first-order valence-electron chi connectivity index (χ1n) is 6.24. The first-order chi connectivity index (χ1) is 8.08. The van der Waals surface area contributed by atoms with Gasteiger partial charge in [0, 0.05) is 26.2 Å². The zero-order chi connectivity index (χ0) is 12.7. The Bertz CT molecular complexity index is 228. The summed E-state index contributed by atoms with van der Waals surface area (Å²) in [5.74, 6) is -0.259. The Morgan fingerprint density at radius 2 is 2.18 bits per heavy atom. The van der Waals surface area contributed by atoms with Crippen LogP contribution in [0.3, 0.4) is 0 Å². The summed E-state index contributed by atoms with van der Waals surface area (Å²) in [5, 5.41) is 8.89. The molecule has 1 unspecified atom stereocenters. The van der Waals surface area contributed by atoms with Crippen LogP contribution >= 0.6 is 0 Å². The van der Waals surface area contributed by atoms with Crippen molar-refractivity contribution >= 4 is 5.97 Å². The van der Waals surface area contributed by atoms with E-state index >= 15 is 0 Å². The van der Waals surface area contributed by atoms with Crippen LogP contribution in [-0.2, 0) is 9.53 Å². The fourth-order valence-electron chi connectivity index (χ4n) is 2.08. The highest BCUT2D eigenvalue weighted by atomic mass is 16.5. The smallest absolute Gasteiger partial charge is 0.317 e. The molecule has 0 spiro atoms. The van der Waals surface area contributed by atoms with Crippen LogP contribution in [0.1, 0.15) is 12.8 Å². The van der Waals surface area contributed by atoms with Crippen LogP contribution in [0.25, 0.3) is 0 Å². The largest absolute Gasteiger partial charge is 0.480 e. The fourth-order valence-corrected chi connectivity index (χ4v) is 2.08. The first kappa shape index (κ1) is 14.4. The summed E-state index contributed by atoms with van der Waals surface area (Å²) < 4.78 is 5.43. The van der Waals surface area contributed by atoms with Crippen LogP contribution in [0.5, 0.6) is 0 Å². The maximum absolute atomic E-state index is 10.8. The molecule has 0 aromatic rings. The predicted molar refractivity (Wildman–Crippen MR) is 66.2 cm³/mol. The van der Waals surface area contributed by atoms with Gasteiger partial charge in [-0.3, -0.25) is 9.69 Å². The van der Waals surface area contributed by atoms with Gasteiger partial charge in [-0.2, -0.15) is 0 Å². The molecule has 0 aromatic carbocycles. The average Bonchev–Trinajstić information content (AvgIpc) is 2.26. The Balaban J connectivity index is 2.35. The number of ether oxygens (including phenoxy) is 1. The van der Waals surface area contributed by atoms with Crippen LogP contribution in [0.4, 0.5) is 0 Å². The number of carbonyl (C=O) groups is 1. The Morgan fingerprint density at radius 3 is 2.71 bits per heavy atom. The Morgan fingerprint density at radius 1 is 1.41 bits per heavy atom. The molecule has 0 radical (unpaired) electrons. The number of aliphatic carboxylic acids is 1. The second-order valence-corrected chi connectivity index (χ2v) is 5.02. The summed E-state index contributed by atoms with van der Waals surface area (Å²) in [4.78, 5) is 14.9. The van der Waals surface area contributed by atoms with Crippen molar-refractivity contribution in [2.75, 3.05) is 53.5 Å². The van der Waals surface area contributed by atoms with Gasteiger partial charge >= 0.3 is 5.97 Å².